The number of benzene rings is 2. The zero-order valence-corrected chi connectivity index (χ0v) is 14.1. The first-order valence-electron chi connectivity index (χ1n) is 8.75. The molecule has 2 aliphatic carbocycles. The fraction of sp³-hybridized carbons (Fsp3) is 0.286. The molecule has 0 bridgehead atoms. The summed E-state index contributed by atoms with van der Waals surface area (Å²) in [6.07, 6.45) is 6.61. The number of carbonyl (C=O) groups excluding carboxylic acids is 1. The Labute approximate surface area is 147 Å². The maximum Gasteiger partial charge on any atom is 0.262 e. The minimum atomic E-state index is -0.363. The van der Waals surface area contributed by atoms with E-state index in [1.165, 1.54) is 0 Å². The summed E-state index contributed by atoms with van der Waals surface area (Å²) in [6, 6.07) is 15.6. The van der Waals surface area contributed by atoms with E-state index in [2.05, 4.69) is 17.5 Å². The van der Waals surface area contributed by atoms with Gasteiger partial charge >= 0.3 is 0 Å². The van der Waals surface area contributed by atoms with Crippen LogP contribution in [0.1, 0.15) is 23.2 Å². The Bertz CT molecular complexity index is 874. The lowest BCUT2D eigenvalue weighted by molar-refractivity contribution is 0.0725. The lowest BCUT2D eigenvalue weighted by atomic mass is 9.63. The van der Waals surface area contributed by atoms with Crippen molar-refractivity contribution in [1.29, 1.82) is 0 Å². The zero-order valence-electron chi connectivity index (χ0n) is 14.1. The van der Waals surface area contributed by atoms with Crippen LogP contribution in [-0.2, 0) is 0 Å². The van der Waals surface area contributed by atoms with Crippen LogP contribution in [0.3, 0.4) is 0 Å². The molecule has 1 aliphatic heterocycles. The van der Waals surface area contributed by atoms with Gasteiger partial charge in [-0.2, -0.15) is 0 Å². The molecule has 4 nitrogen and oxygen atoms in total. The van der Waals surface area contributed by atoms with Gasteiger partial charge in [-0.15, -0.1) is 0 Å². The van der Waals surface area contributed by atoms with E-state index in [9.17, 15) is 4.79 Å². The van der Waals surface area contributed by atoms with Crippen molar-refractivity contribution in [2.45, 2.75) is 18.5 Å². The molecular weight excluding hydrogens is 312 g/mol. The molecule has 126 valence electrons. The topological polar surface area (TPSA) is 41.6 Å². The van der Waals surface area contributed by atoms with Crippen molar-refractivity contribution in [1.82, 2.24) is 0 Å². The third-order valence-corrected chi connectivity index (χ3v) is 5.86. The minimum Gasteiger partial charge on any atom is -0.497 e. The molecular formula is C21H20N2O2. The Morgan fingerprint density at radius 1 is 1.16 bits per heavy atom. The highest BCUT2D eigenvalue weighted by atomic mass is 16.5. The molecule has 3 atom stereocenters. The largest absolute Gasteiger partial charge is 0.497 e. The van der Waals surface area contributed by atoms with Gasteiger partial charge in [-0.1, -0.05) is 24.3 Å². The number of fused-ring (bicyclic) bond motifs is 3. The second-order valence-corrected chi connectivity index (χ2v) is 7.09. The monoisotopic (exact) mass is 332 g/mol. The number of methoxy groups -OCH3 is 1. The van der Waals surface area contributed by atoms with Gasteiger partial charge in [-0.25, -0.2) is 0 Å². The summed E-state index contributed by atoms with van der Waals surface area (Å²) in [5.74, 6) is 1.85. The average molecular weight is 332 g/mol. The second-order valence-electron chi connectivity index (χ2n) is 7.09. The lowest BCUT2D eigenvalue weighted by Crippen LogP contribution is -2.71. The predicted molar refractivity (Wildman–Crippen MR) is 98.0 cm³/mol. The van der Waals surface area contributed by atoms with E-state index in [-0.39, 0.29) is 11.6 Å². The first kappa shape index (κ1) is 14.6. The maximum absolute atomic E-state index is 13.4. The van der Waals surface area contributed by atoms with Crippen LogP contribution in [0.2, 0.25) is 0 Å². The van der Waals surface area contributed by atoms with Gasteiger partial charge in [0, 0.05) is 17.3 Å². The third kappa shape index (κ3) is 1.91. The first-order valence-corrected chi connectivity index (χ1v) is 8.75. The van der Waals surface area contributed by atoms with Crippen molar-refractivity contribution in [2.75, 3.05) is 17.3 Å². The molecule has 1 saturated carbocycles. The molecule has 1 spiro atoms. The number of hydrogen-bond donors (Lipinski definition) is 1. The van der Waals surface area contributed by atoms with Crippen LogP contribution in [-0.4, -0.2) is 18.7 Å². The normalized spacial score (nSPS) is 29.0. The van der Waals surface area contributed by atoms with Gasteiger partial charge in [0.25, 0.3) is 5.91 Å². The van der Waals surface area contributed by atoms with Crippen molar-refractivity contribution < 1.29 is 9.53 Å². The van der Waals surface area contributed by atoms with Crippen molar-refractivity contribution in [3.63, 3.8) is 0 Å². The number of allylic oxidation sites excluding steroid dienone is 1. The van der Waals surface area contributed by atoms with Crippen molar-refractivity contribution in [3.05, 3.63) is 66.2 Å². The molecule has 0 saturated heterocycles. The van der Waals surface area contributed by atoms with Crippen molar-refractivity contribution in [2.24, 2.45) is 11.8 Å². The van der Waals surface area contributed by atoms with Gasteiger partial charge in [0.2, 0.25) is 0 Å². The summed E-state index contributed by atoms with van der Waals surface area (Å²) in [5, 5.41) is 3.71. The van der Waals surface area contributed by atoms with Crippen molar-refractivity contribution >= 4 is 17.3 Å². The highest BCUT2D eigenvalue weighted by Gasteiger charge is 2.61. The maximum atomic E-state index is 13.4. The van der Waals surface area contributed by atoms with Gasteiger partial charge in [-0.3, -0.25) is 9.69 Å². The molecule has 3 aliphatic rings. The summed E-state index contributed by atoms with van der Waals surface area (Å²) in [5.41, 5.74) is 2.22. The van der Waals surface area contributed by atoms with E-state index >= 15 is 0 Å². The number of amides is 1. The number of nitrogens with zero attached hydrogens (tertiary/aromatic N) is 1. The molecule has 1 heterocycles. The number of nitrogens with one attached hydrogen (secondary N) is 1. The molecule has 25 heavy (non-hydrogen) atoms. The number of anilines is 2. The first-order chi connectivity index (χ1) is 12.2. The molecule has 0 aromatic heterocycles. The Hall–Kier alpha value is -2.75. The van der Waals surface area contributed by atoms with Gasteiger partial charge in [0.15, 0.2) is 0 Å². The Morgan fingerprint density at radius 2 is 1.96 bits per heavy atom. The fourth-order valence-corrected chi connectivity index (χ4v) is 4.66. The van der Waals surface area contributed by atoms with Gasteiger partial charge in [-0.05, 0) is 55.2 Å². The zero-order chi connectivity index (χ0) is 17.0. The van der Waals surface area contributed by atoms with Crippen LogP contribution in [0.4, 0.5) is 11.4 Å². The van der Waals surface area contributed by atoms with Crippen LogP contribution in [0.25, 0.3) is 0 Å². The van der Waals surface area contributed by atoms with E-state index in [1.807, 2.05) is 53.4 Å². The Balaban J connectivity index is 1.65. The number of hydrogen-bond acceptors (Lipinski definition) is 3. The lowest BCUT2D eigenvalue weighted by Gasteiger charge is -2.60. The molecule has 4 heteroatoms. The predicted octanol–water partition coefficient (Wildman–Crippen LogP) is 4.06. The quantitative estimate of drug-likeness (QED) is 0.843. The van der Waals surface area contributed by atoms with Gasteiger partial charge < -0.3 is 10.1 Å². The summed E-state index contributed by atoms with van der Waals surface area (Å²) >= 11 is 0. The summed E-state index contributed by atoms with van der Waals surface area (Å²) < 4.78 is 5.27. The standard InChI is InChI=1S/C21H20N2O2/c1-25-16-11-9-15(10-12-16)23-20(24)17-6-2-3-8-19(17)22-21(23)13-14-5-4-7-18(14)21/h2-4,6-12,14,18,22H,5,13H2,1H3/t14-,18+,21-/m1/s1. The fourth-order valence-electron chi connectivity index (χ4n) is 4.66. The molecule has 0 unspecified atom stereocenters. The molecule has 1 N–H and O–H groups in total. The molecule has 1 amide bonds. The summed E-state index contributed by atoms with van der Waals surface area (Å²) in [7, 11) is 1.65. The number of ether oxygens (including phenoxy) is 1. The highest BCUT2D eigenvalue weighted by molar-refractivity contribution is 6.13. The minimum absolute atomic E-state index is 0.0678. The Kier molecular flexibility index (Phi) is 2.99. The summed E-state index contributed by atoms with van der Waals surface area (Å²) in [6.45, 7) is 0. The van der Waals surface area contributed by atoms with Crippen LogP contribution in [0.5, 0.6) is 5.75 Å². The van der Waals surface area contributed by atoms with E-state index < -0.39 is 0 Å². The number of para-hydroxylation sites is 1. The van der Waals surface area contributed by atoms with Gasteiger partial charge in [0.1, 0.15) is 11.4 Å². The van der Waals surface area contributed by atoms with E-state index in [1.54, 1.807) is 7.11 Å². The molecule has 5 rings (SSSR count). The molecule has 0 radical (unpaired) electrons. The average Bonchev–Trinajstić information content (AvgIpc) is 3.04. The molecule has 1 fully saturated rings. The number of rotatable bonds is 2. The van der Waals surface area contributed by atoms with Crippen LogP contribution >= 0.6 is 0 Å². The van der Waals surface area contributed by atoms with Crippen LogP contribution in [0.15, 0.2) is 60.7 Å². The van der Waals surface area contributed by atoms with Crippen LogP contribution in [0, 0.1) is 11.8 Å². The van der Waals surface area contributed by atoms with Gasteiger partial charge in [0.05, 0.1) is 12.7 Å². The van der Waals surface area contributed by atoms with E-state index in [4.69, 9.17) is 4.74 Å². The van der Waals surface area contributed by atoms with E-state index in [0.29, 0.717) is 11.8 Å². The Morgan fingerprint density at radius 3 is 2.72 bits per heavy atom. The van der Waals surface area contributed by atoms with Crippen LogP contribution < -0.4 is 15.0 Å². The smallest absolute Gasteiger partial charge is 0.262 e. The highest BCUT2D eigenvalue weighted by Crippen LogP contribution is 2.56. The van der Waals surface area contributed by atoms with E-state index in [0.717, 1.165) is 35.5 Å². The molecule has 2 aromatic carbocycles. The summed E-state index contributed by atoms with van der Waals surface area (Å²) in [4.78, 5) is 15.4. The molecule has 2 aromatic rings. The van der Waals surface area contributed by atoms with Crippen molar-refractivity contribution in [3.8, 4) is 5.75 Å². The SMILES string of the molecule is COc1ccc(N2C(=O)c3ccccc3N[C@]23C[C@H]2CC=C[C@@H]23)cc1. The number of carbonyl (C=O) groups is 1. The third-order valence-electron chi connectivity index (χ3n) is 5.86. The second kappa shape index (κ2) is 5.12.